The number of anilines is 1. The largest absolute Gasteiger partial charge is 0.444 e. The molecule has 0 atom stereocenters. The Morgan fingerprint density at radius 1 is 1.30 bits per heavy atom. The van der Waals surface area contributed by atoms with Gasteiger partial charge in [0.2, 0.25) is 5.89 Å². The van der Waals surface area contributed by atoms with Crippen LogP contribution in [0.5, 0.6) is 0 Å². The molecule has 0 fully saturated rings. The minimum absolute atomic E-state index is 0.228. The molecule has 2 rings (SSSR count). The topological polar surface area (TPSA) is 84.4 Å². The molecular weight excluding hydrogens is 292 g/mol. The van der Waals surface area contributed by atoms with Crippen LogP contribution in [0.15, 0.2) is 34.9 Å². The number of carbonyl (C=O) groups is 1. The number of benzene rings is 1. The zero-order valence-electron chi connectivity index (χ0n) is 13.7. The van der Waals surface area contributed by atoms with E-state index in [0.29, 0.717) is 23.7 Å². The minimum Gasteiger partial charge on any atom is -0.444 e. The molecule has 0 aliphatic heterocycles. The molecule has 6 nitrogen and oxygen atoms in total. The Balaban J connectivity index is 1.88. The van der Waals surface area contributed by atoms with Gasteiger partial charge in [-0.25, -0.2) is 4.98 Å². The molecule has 1 aromatic heterocycles. The van der Waals surface area contributed by atoms with E-state index in [9.17, 15) is 4.79 Å². The fraction of sp³-hybridized carbons (Fsp3) is 0.412. The predicted molar refractivity (Wildman–Crippen MR) is 91.1 cm³/mol. The maximum Gasteiger partial charge on any atom is 0.273 e. The molecule has 3 N–H and O–H groups in total. The van der Waals surface area contributed by atoms with Crippen molar-refractivity contribution in [2.45, 2.75) is 20.3 Å². The summed E-state index contributed by atoms with van der Waals surface area (Å²) in [6.07, 6.45) is 2.27. The average Bonchev–Trinajstić information content (AvgIpc) is 3.05. The Labute approximate surface area is 136 Å². The van der Waals surface area contributed by atoms with Crippen molar-refractivity contribution < 1.29 is 9.21 Å². The number of nitrogen functional groups attached to an aromatic ring is 1. The predicted octanol–water partition coefficient (Wildman–Crippen LogP) is 2.39. The highest BCUT2D eigenvalue weighted by atomic mass is 16.3. The molecule has 0 bridgehead atoms. The van der Waals surface area contributed by atoms with Gasteiger partial charge in [-0.1, -0.05) is 26.0 Å². The zero-order valence-corrected chi connectivity index (χ0v) is 13.7. The molecule has 2 aromatic rings. The fourth-order valence-electron chi connectivity index (χ4n) is 2.33. The number of carbonyl (C=O) groups excluding carboxylic acids is 1. The van der Waals surface area contributed by atoms with Crippen LogP contribution in [0.1, 0.15) is 30.8 Å². The standard InChI is InChI=1S/C17H24N4O2/c1-3-21(4-2)11-7-10-19-16(22)15-12-23-17(20-15)13-8-5-6-9-14(13)18/h5-6,8-9,12H,3-4,7,10-11,18H2,1-2H3,(H,19,22). The van der Waals surface area contributed by atoms with Crippen LogP contribution in [-0.2, 0) is 0 Å². The van der Waals surface area contributed by atoms with Gasteiger partial charge in [-0.2, -0.15) is 0 Å². The molecule has 6 heteroatoms. The highest BCUT2D eigenvalue weighted by Gasteiger charge is 2.14. The summed E-state index contributed by atoms with van der Waals surface area (Å²) >= 11 is 0. The van der Waals surface area contributed by atoms with Crippen molar-refractivity contribution in [2.24, 2.45) is 0 Å². The molecule has 1 aromatic carbocycles. The first-order valence-electron chi connectivity index (χ1n) is 7.96. The van der Waals surface area contributed by atoms with Crippen LogP contribution >= 0.6 is 0 Å². The Morgan fingerprint density at radius 3 is 2.74 bits per heavy atom. The molecule has 1 heterocycles. The van der Waals surface area contributed by atoms with E-state index in [-0.39, 0.29) is 11.6 Å². The lowest BCUT2D eigenvalue weighted by molar-refractivity contribution is 0.0947. The second-order valence-corrected chi connectivity index (χ2v) is 5.26. The van der Waals surface area contributed by atoms with E-state index in [1.54, 1.807) is 6.07 Å². The quantitative estimate of drug-likeness (QED) is 0.577. The highest BCUT2D eigenvalue weighted by Crippen LogP contribution is 2.24. The Hall–Kier alpha value is -2.34. The van der Waals surface area contributed by atoms with Gasteiger partial charge in [0.1, 0.15) is 6.26 Å². The summed E-state index contributed by atoms with van der Waals surface area (Å²) in [5.41, 5.74) is 7.41. The second kappa shape index (κ2) is 8.33. The number of para-hydroxylation sites is 1. The first-order valence-corrected chi connectivity index (χ1v) is 7.96. The van der Waals surface area contributed by atoms with Crippen molar-refractivity contribution in [3.63, 3.8) is 0 Å². The third-order valence-corrected chi connectivity index (χ3v) is 3.76. The van der Waals surface area contributed by atoms with Crippen LogP contribution in [0.25, 0.3) is 11.5 Å². The summed E-state index contributed by atoms with van der Waals surface area (Å²) in [5.74, 6) is 0.130. The first kappa shape index (κ1) is 17.0. The van der Waals surface area contributed by atoms with Crippen molar-refractivity contribution in [1.82, 2.24) is 15.2 Å². The lowest BCUT2D eigenvalue weighted by Crippen LogP contribution is -2.30. The van der Waals surface area contributed by atoms with E-state index >= 15 is 0 Å². The summed E-state index contributed by atoms with van der Waals surface area (Å²) in [6.45, 7) is 7.90. The van der Waals surface area contributed by atoms with E-state index in [4.69, 9.17) is 10.2 Å². The molecular formula is C17H24N4O2. The van der Waals surface area contributed by atoms with E-state index in [0.717, 1.165) is 26.1 Å². The lowest BCUT2D eigenvalue weighted by atomic mass is 10.2. The Morgan fingerprint density at radius 2 is 2.04 bits per heavy atom. The molecule has 23 heavy (non-hydrogen) atoms. The smallest absolute Gasteiger partial charge is 0.273 e. The summed E-state index contributed by atoms with van der Waals surface area (Å²) in [5, 5.41) is 2.86. The molecule has 0 unspecified atom stereocenters. The second-order valence-electron chi connectivity index (χ2n) is 5.26. The third kappa shape index (κ3) is 4.56. The number of oxazole rings is 1. The summed E-state index contributed by atoms with van der Waals surface area (Å²) in [4.78, 5) is 18.6. The van der Waals surface area contributed by atoms with Gasteiger partial charge in [0.05, 0.1) is 5.56 Å². The van der Waals surface area contributed by atoms with Gasteiger partial charge in [-0.05, 0) is 38.2 Å². The number of amides is 1. The van der Waals surface area contributed by atoms with Gasteiger partial charge in [0.25, 0.3) is 5.91 Å². The van der Waals surface area contributed by atoms with E-state index in [2.05, 4.69) is 29.0 Å². The molecule has 0 saturated heterocycles. The normalized spacial score (nSPS) is 10.9. The molecule has 0 aliphatic rings. The first-order chi connectivity index (χ1) is 11.2. The van der Waals surface area contributed by atoms with Crippen LogP contribution in [0.3, 0.4) is 0 Å². The van der Waals surface area contributed by atoms with E-state index in [1.807, 2.05) is 18.2 Å². The Kier molecular flexibility index (Phi) is 6.17. The number of hydrogen-bond acceptors (Lipinski definition) is 5. The monoisotopic (exact) mass is 316 g/mol. The van der Waals surface area contributed by atoms with Crippen LogP contribution in [0, 0.1) is 0 Å². The fourth-order valence-corrected chi connectivity index (χ4v) is 2.33. The number of nitrogens with two attached hydrogens (primary N) is 1. The molecule has 1 amide bonds. The van der Waals surface area contributed by atoms with Gasteiger partial charge in [-0.15, -0.1) is 0 Å². The van der Waals surface area contributed by atoms with Crippen molar-refractivity contribution in [3.8, 4) is 11.5 Å². The molecule has 0 radical (unpaired) electrons. The van der Waals surface area contributed by atoms with Gasteiger partial charge in [0.15, 0.2) is 5.69 Å². The van der Waals surface area contributed by atoms with Crippen molar-refractivity contribution in [1.29, 1.82) is 0 Å². The average molecular weight is 316 g/mol. The van der Waals surface area contributed by atoms with E-state index < -0.39 is 0 Å². The van der Waals surface area contributed by atoms with Crippen molar-refractivity contribution >= 4 is 11.6 Å². The van der Waals surface area contributed by atoms with Gasteiger partial charge in [-0.3, -0.25) is 4.79 Å². The summed E-state index contributed by atoms with van der Waals surface area (Å²) < 4.78 is 5.37. The SMILES string of the molecule is CCN(CC)CCCNC(=O)c1coc(-c2ccccc2N)n1. The zero-order chi connectivity index (χ0) is 16.7. The van der Waals surface area contributed by atoms with Crippen molar-refractivity contribution in [2.75, 3.05) is 31.9 Å². The van der Waals surface area contributed by atoms with Crippen LogP contribution in [-0.4, -0.2) is 42.0 Å². The number of hydrogen-bond donors (Lipinski definition) is 2. The van der Waals surface area contributed by atoms with Gasteiger partial charge >= 0.3 is 0 Å². The summed E-state index contributed by atoms with van der Waals surface area (Å²) in [6, 6.07) is 7.27. The van der Waals surface area contributed by atoms with Crippen LogP contribution in [0.2, 0.25) is 0 Å². The van der Waals surface area contributed by atoms with Gasteiger partial charge < -0.3 is 20.4 Å². The van der Waals surface area contributed by atoms with E-state index in [1.165, 1.54) is 6.26 Å². The minimum atomic E-state index is -0.228. The van der Waals surface area contributed by atoms with Crippen LogP contribution in [0.4, 0.5) is 5.69 Å². The number of nitrogens with one attached hydrogen (secondary N) is 1. The number of aromatic nitrogens is 1. The summed E-state index contributed by atoms with van der Waals surface area (Å²) in [7, 11) is 0. The molecule has 0 saturated carbocycles. The number of nitrogens with zero attached hydrogens (tertiary/aromatic N) is 2. The highest BCUT2D eigenvalue weighted by molar-refractivity contribution is 5.92. The van der Waals surface area contributed by atoms with Crippen molar-refractivity contribution in [3.05, 3.63) is 36.2 Å². The molecule has 124 valence electrons. The molecule has 0 aliphatic carbocycles. The van der Waals surface area contributed by atoms with Crippen LogP contribution < -0.4 is 11.1 Å². The maximum atomic E-state index is 12.1. The van der Waals surface area contributed by atoms with Gasteiger partial charge in [0, 0.05) is 12.2 Å². The lowest BCUT2D eigenvalue weighted by Gasteiger charge is -2.17. The molecule has 0 spiro atoms. The maximum absolute atomic E-state index is 12.1. The number of rotatable bonds is 8. The third-order valence-electron chi connectivity index (χ3n) is 3.76. The Bertz CT molecular complexity index is 635.